The lowest BCUT2D eigenvalue weighted by atomic mass is 10.2. The topological polar surface area (TPSA) is 76.7 Å². The van der Waals surface area contributed by atoms with Crippen LogP contribution in [-0.2, 0) is 9.47 Å². The lowest BCUT2D eigenvalue weighted by Crippen LogP contribution is -2.32. The van der Waals surface area contributed by atoms with Crippen LogP contribution in [0.1, 0.15) is 47.1 Å². The summed E-state index contributed by atoms with van der Waals surface area (Å²) in [6.45, 7) is 10.5. The van der Waals surface area contributed by atoms with Gasteiger partial charge in [-0.25, -0.2) is 14.0 Å². The van der Waals surface area contributed by atoms with Crippen LogP contribution in [-0.4, -0.2) is 29.9 Å². The van der Waals surface area contributed by atoms with Crippen LogP contribution in [0.2, 0.25) is 0 Å². The quantitative estimate of drug-likeness (QED) is 0.776. The molecular formula is C19H25FN2O4. The van der Waals surface area contributed by atoms with E-state index < -0.39 is 29.2 Å². The summed E-state index contributed by atoms with van der Waals surface area (Å²) in [6.07, 6.45) is -1.31. The number of alkyl carbamates (subject to hydrolysis) is 1. The second-order valence-electron chi connectivity index (χ2n) is 7.48. The Hall–Kier alpha value is -2.75. The molecule has 0 bridgehead atoms. The van der Waals surface area contributed by atoms with Crippen LogP contribution in [0.15, 0.2) is 18.2 Å². The highest BCUT2D eigenvalue weighted by molar-refractivity contribution is 5.85. The number of nitrogens with one attached hydrogen (secondary N) is 2. The Morgan fingerprint density at radius 1 is 1.04 bits per heavy atom. The van der Waals surface area contributed by atoms with Gasteiger partial charge in [-0.1, -0.05) is 11.8 Å². The van der Waals surface area contributed by atoms with E-state index in [2.05, 4.69) is 22.5 Å². The molecule has 0 fully saturated rings. The van der Waals surface area contributed by atoms with Gasteiger partial charge < -0.3 is 14.8 Å². The standard InChI is InChI=1S/C19H25FN2O4/c1-18(2,3)25-16(23)21-11-7-8-13-9-10-15(14(20)12-13)22-17(24)26-19(4,5)6/h9-10,12H,11H2,1-6H3,(H,21,23)(H,22,24). The predicted octanol–water partition coefficient (Wildman–Crippen LogP) is 4.05. The molecule has 7 heteroatoms. The molecule has 0 atom stereocenters. The van der Waals surface area contributed by atoms with Gasteiger partial charge in [-0.2, -0.15) is 0 Å². The first kappa shape index (κ1) is 21.3. The second-order valence-corrected chi connectivity index (χ2v) is 7.48. The van der Waals surface area contributed by atoms with E-state index in [1.165, 1.54) is 12.1 Å². The van der Waals surface area contributed by atoms with Crippen molar-refractivity contribution in [1.29, 1.82) is 0 Å². The van der Waals surface area contributed by atoms with Crippen molar-refractivity contribution in [3.05, 3.63) is 29.6 Å². The van der Waals surface area contributed by atoms with Crippen molar-refractivity contribution < 1.29 is 23.5 Å². The molecule has 0 unspecified atom stereocenters. The van der Waals surface area contributed by atoms with Crippen molar-refractivity contribution in [1.82, 2.24) is 5.32 Å². The van der Waals surface area contributed by atoms with Crippen LogP contribution in [0.25, 0.3) is 0 Å². The summed E-state index contributed by atoms with van der Waals surface area (Å²) in [5, 5.41) is 4.82. The summed E-state index contributed by atoms with van der Waals surface area (Å²) < 4.78 is 24.2. The van der Waals surface area contributed by atoms with Crippen LogP contribution in [0.5, 0.6) is 0 Å². The van der Waals surface area contributed by atoms with Crippen LogP contribution < -0.4 is 10.6 Å². The Balaban J connectivity index is 2.60. The summed E-state index contributed by atoms with van der Waals surface area (Å²) in [5.74, 6) is 4.78. The highest BCUT2D eigenvalue weighted by atomic mass is 19.1. The predicted molar refractivity (Wildman–Crippen MR) is 97.4 cm³/mol. The minimum absolute atomic E-state index is 0.00307. The zero-order valence-electron chi connectivity index (χ0n) is 16.0. The molecule has 1 aromatic rings. The number of rotatable bonds is 2. The van der Waals surface area contributed by atoms with Crippen molar-refractivity contribution in [2.45, 2.75) is 52.7 Å². The van der Waals surface area contributed by atoms with E-state index in [-0.39, 0.29) is 12.2 Å². The van der Waals surface area contributed by atoms with E-state index in [1.807, 2.05) is 0 Å². The molecule has 0 saturated heterocycles. The van der Waals surface area contributed by atoms with Crippen molar-refractivity contribution in [2.75, 3.05) is 11.9 Å². The third-order valence-corrected chi connectivity index (χ3v) is 2.56. The first-order chi connectivity index (χ1) is 11.9. The Bertz CT molecular complexity index is 722. The van der Waals surface area contributed by atoms with Gasteiger partial charge in [-0.05, 0) is 59.7 Å². The highest BCUT2D eigenvalue weighted by Gasteiger charge is 2.17. The lowest BCUT2D eigenvalue weighted by molar-refractivity contribution is 0.0534. The number of amides is 2. The van der Waals surface area contributed by atoms with E-state index >= 15 is 0 Å². The summed E-state index contributed by atoms with van der Waals surface area (Å²) in [4.78, 5) is 23.1. The van der Waals surface area contributed by atoms with E-state index in [9.17, 15) is 14.0 Å². The van der Waals surface area contributed by atoms with Crippen LogP contribution in [0.4, 0.5) is 19.7 Å². The number of halogens is 1. The van der Waals surface area contributed by atoms with Gasteiger partial charge in [0, 0.05) is 5.56 Å². The van der Waals surface area contributed by atoms with Crippen LogP contribution >= 0.6 is 0 Å². The maximum atomic E-state index is 14.0. The average Bonchev–Trinajstić information content (AvgIpc) is 2.42. The molecule has 0 spiro atoms. The Morgan fingerprint density at radius 3 is 2.15 bits per heavy atom. The summed E-state index contributed by atoms with van der Waals surface area (Å²) >= 11 is 0. The number of hydrogen-bond donors (Lipinski definition) is 2. The zero-order chi connectivity index (χ0) is 20.0. The van der Waals surface area contributed by atoms with Crippen molar-refractivity contribution >= 4 is 17.9 Å². The summed E-state index contributed by atoms with van der Waals surface area (Å²) in [6, 6.07) is 4.13. The third-order valence-electron chi connectivity index (χ3n) is 2.56. The third kappa shape index (κ3) is 8.92. The molecule has 0 radical (unpaired) electrons. The number of ether oxygens (including phenoxy) is 2. The van der Waals surface area contributed by atoms with Crippen LogP contribution in [0.3, 0.4) is 0 Å². The van der Waals surface area contributed by atoms with Gasteiger partial charge in [0.2, 0.25) is 0 Å². The summed E-state index contributed by atoms with van der Waals surface area (Å²) in [5.41, 5.74) is -0.857. The van der Waals surface area contributed by atoms with Gasteiger partial charge in [0.25, 0.3) is 0 Å². The average molecular weight is 364 g/mol. The molecule has 0 aromatic heterocycles. The van der Waals surface area contributed by atoms with Gasteiger partial charge in [0.15, 0.2) is 0 Å². The minimum atomic E-state index is -0.739. The van der Waals surface area contributed by atoms with Gasteiger partial charge in [-0.15, -0.1) is 0 Å². The number of benzene rings is 1. The molecule has 2 N–H and O–H groups in total. The summed E-state index contributed by atoms with van der Waals surface area (Å²) in [7, 11) is 0. The van der Waals surface area contributed by atoms with E-state index in [1.54, 1.807) is 47.6 Å². The fourth-order valence-corrected chi connectivity index (χ4v) is 1.68. The van der Waals surface area contributed by atoms with Gasteiger partial charge in [0.1, 0.15) is 17.0 Å². The number of hydrogen-bond acceptors (Lipinski definition) is 4. The number of anilines is 1. The smallest absolute Gasteiger partial charge is 0.412 e. The molecule has 1 rings (SSSR count). The second kappa shape index (κ2) is 8.56. The van der Waals surface area contributed by atoms with Gasteiger partial charge in [-0.3, -0.25) is 5.32 Å². The zero-order valence-corrected chi connectivity index (χ0v) is 16.0. The van der Waals surface area contributed by atoms with Crippen molar-refractivity contribution in [2.24, 2.45) is 0 Å². The molecular weight excluding hydrogens is 339 g/mol. The largest absolute Gasteiger partial charge is 0.444 e. The lowest BCUT2D eigenvalue weighted by Gasteiger charge is -2.19. The van der Waals surface area contributed by atoms with Gasteiger partial charge in [0.05, 0.1) is 12.2 Å². The monoisotopic (exact) mass is 364 g/mol. The van der Waals surface area contributed by atoms with Crippen LogP contribution in [0, 0.1) is 17.7 Å². The molecule has 0 aliphatic heterocycles. The molecule has 0 saturated carbocycles. The highest BCUT2D eigenvalue weighted by Crippen LogP contribution is 2.17. The SMILES string of the molecule is CC(C)(C)OC(=O)NCC#Cc1ccc(NC(=O)OC(C)(C)C)c(F)c1. The van der Waals surface area contributed by atoms with Crippen molar-refractivity contribution in [3.8, 4) is 11.8 Å². The van der Waals surface area contributed by atoms with E-state index in [0.29, 0.717) is 5.56 Å². The maximum Gasteiger partial charge on any atom is 0.412 e. The Morgan fingerprint density at radius 2 is 1.62 bits per heavy atom. The first-order valence-corrected chi connectivity index (χ1v) is 8.11. The minimum Gasteiger partial charge on any atom is -0.444 e. The number of carbonyl (C=O) groups excluding carboxylic acids is 2. The maximum absolute atomic E-state index is 14.0. The van der Waals surface area contributed by atoms with Gasteiger partial charge >= 0.3 is 12.2 Å². The molecule has 0 aliphatic rings. The Kier molecular flexibility index (Phi) is 7.01. The fourth-order valence-electron chi connectivity index (χ4n) is 1.68. The van der Waals surface area contributed by atoms with E-state index in [0.717, 1.165) is 0 Å². The number of carbonyl (C=O) groups is 2. The first-order valence-electron chi connectivity index (χ1n) is 8.11. The molecule has 0 aliphatic carbocycles. The molecule has 142 valence electrons. The molecule has 26 heavy (non-hydrogen) atoms. The van der Waals surface area contributed by atoms with Crippen molar-refractivity contribution in [3.63, 3.8) is 0 Å². The fraction of sp³-hybridized carbons (Fsp3) is 0.474. The molecule has 6 nitrogen and oxygen atoms in total. The molecule has 1 aromatic carbocycles. The Labute approximate surface area is 153 Å². The van der Waals surface area contributed by atoms with E-state index in [4.69, 9.17) is 9.47 Å². The molecule has 0 heterocycles. The molecule has 2 amide bonds. The normalized spacial score (nSPS) is 11.0.